The Morgan fingerprint density at radius 3 is 2.53 bits per heavy atom. The van der Waals surface area contributed by atoms with Gasteiger partial charge in [-0.15, -0.1) is 0 Å². The number of hydrogen-bond acceptors (Lipinski definition) is 6. The van der Waals surface area contributed by atoms with Crippen molar-refractivity contribution in [3.05, 3.63) is 125 Å². The molecule has 0 bridgehead atoms. The standard InChI is InChI=1S/C29H22BrFN2O4S/c1-3-37-28(35)24-25(18-7-5-4-6-8-18)32-29-33(26(24)19-10-12-20(31)13-11-19)27(34)23(38-29)16-17-9-14-22(36-2)21(30)15-17/h4-16,26H,3H2,1-2H3/b23-16-/t26-/m0/s1. The lowest BCUT2D eigenvalue weighted by molar-refractivity contribution is -0.138. The summed E-state index contributed by atoms with van der Waals surface area (Å²) in [5.41, 5.74) is 2.38. The Morgan fingerprint density at radius 2 is 1.87 bits per heavy atom. The molecule has 0 saturated heterocycles. The van der Waals surface area contributed by atoms with Crippen LogP contribution in [-0.2, 0) is 9.53 Å². The Bertz CT molecular complexity index is 1730. The normalized spacial score (nSPS) is 15.2. The minimum Gasteiger partial charge on any atom is -0.496 e. The first-order valence-electron chi connectivity index (χ1n) is 11.8. The minimum atomic E-state index is -0.856. The fourth-order valence-corrected chi connectivity index (χ4v) is 5.88. The molecular weight excluding hydrogens is 571 g/mol. The van der Waals surface area contributed by atoms with E-state index in [9.17, 15) is 14.0 Å². The average molecular weight is 593 g/mol. The van der Waals surface area contributed by atoms with E-state index >= 15 is 0 Å². The molecule has 38 heavy (non-hydrogen) atoms. The largest absolute Gasteiger partial charge is 0.496 e. The highest BCUT2D eigenvalue weighted by Gasteiger charge is 2.35. The van der Waals surface area contributed by atoms with Gasteiger partial charge in [0.1, 0.15) is 11.6 Å². The minimum absolute atomic E-state index is 0.150. The van der Waals surface area contributed by atoms with Gasteiger partial charge in [-0.2, -0.15) is 0 Å². The first-order chi connectivity index (χ1) is 18.4. The second-order valence-electron chi connectivity index (χ2n) is 8.38. The molecule has 3 aromatic carbocycles. The predicted molar refractivity (Wildman–Crippen MR) is 148 cm³/mol. The Labute approximate surface area is 230 Å². The molecule has 0 amide bonds. The van der Waals surface area contributed by atoms with Crippen molar-refractivity contribution >= 4 is 45.0 Å². The van der Waals surface area contributed by atoms with Crippen LogP contribution in [0.4, 0.5) is 4.39 Å². The third-order valence-electron chi connectivity index (χ3n) is 6.03. The van der Waals surface area contributed by atoms with E-state index in [0.29, 0.717) is 31.9 Å². The highest BCUT2D eigenvalue weighted by molar-refractivity contribution is 9.10. The number of rotatable bonds is 6. The second-order valence-corrected chi connectivity index (χ2v) is 10.2. The zero-order valence-electron chi connectivity index (χ0n) is 20.5. The molecule has 5 rings (SSSR count). The van der Waals surface area contributed by atoms with Gasteiger partial charge >= 0.3 is 5.97 Å². The molecule has 4 aromatic rings. The van der Waals surface area contributed by atoms with Crippen LogP contribution in [0.5, 0.6) is 5.75 Å². The quantitative estimate of drug-likeness (QED) is 0.300. The van der Waals surface area contributed by atoms with E-state index in [4.69, 9.17) is 14.5 Å². The zero-order valence-corrected chi connectivity index (χ0v) is 22.9. The molecule has 2 heterocycles. The fourth-order valence-electron chi connectivity index (χ4n) is 4.32. The number of benzene rings is 3. The summed E-state index contributed by atoms with van der Waals surface area (Å²) in [5, 5.41) is 0. The molecule has 1 atom stereocenters. The van der Waals surface area contributed by atoms with Crippen LogP contribution < -0.4 is 19.6 Å². The predicted octanol–water partition coefficient (Wildman–Crippen LogP) is 4.85. The molecule has 0 radical (unpaired) electrons. The third kappa shape index (κ3) is 4.87. The highest BCUT2D eigenvalue weighted by Crippen LogP contribution is 2.35. The lowest BCUT2D eigenvalue weighted by atomic mass is 9.93. The monoisotopic (exact) mass is 592 g/mol. The lowest BCUT2D eigenvalue weighted by Crippen LogP contribution is -2.40. The first kappa shape index (κ1) is 25.8. The molecular formula is C29H22BrFN2O4S. The highest BCUT2D eigenvalue weighted by atomic mass is 79.9. The molecule has 6 nitrogen and oxygen atoms in total. The molecule has 0 aliphatic carbocycles. The van der Waals surface area contributed by atoms with E-state index in [1.807, 2.05) is 42.5 Å². The number of carbonyl (C=O) groups is 1. The second kappa shape index (κ2) is 10.9. The summed E-state index contributed by atoms with van der Waals surface area (Å²) in [6.45, 7) is 1.87. The molecule has 1 aromatic heterocycles. The molecule has 1 aliphatic heterocycles. The van der Waals surface area contributed by atoms with Gasteiger partial charge in [0.2, 0.25) is 0 Å². The maximum atomic E-state index is 13.9. The van der Waals surface area contributed by atoms with Gasteiger partial charge in [0.25, 0.3) is 5.56 Å². The number of ether oxygens (including phenoxy) is 2. The van der Waals surface area contributed by atoms with Crippen molar-refractivity contribution in [3.8, 4) is 5.75 Å². The summed E-state index contributed by atoms with van der Waals surface area (Å²) in [6.07, 6.45) is 1.77. The average Bonchev–Trinajstić information content (AvgIpc) is 3.23. The Balaban J connectivity index is 1.80. The fraction of sp³-hybridized carbons (Fsp3) is 0.138. The first-order valence-corrected chi connectivity index (χ1v) is 13.4. The van der Waals surface area contributed by atoms with Crippen molar-refractivity contribution in [1.29, 1.82) is 0 Å². The topological polar surface area (TPSA) is 69.9 Å². The number of fused-ring (bicyclic) bond motifs is 1. The van der Waals surface area contributed by atoms with Crippen LogP contribution in [0.25, 0.3) is 11.8 Å². The van der Waals surface area contributed by atoms with Crippen LogP contribution in [-0.4, -0.2) is 24.3 Å². The SMILES string of the molecule is CCOC(=O)C1=C(c2ccccc2)N=c2s/c(=C\c3ccc(OC)c(Br)c3)c(=O)n2[C@H]1c1ccc(F)cc1. The van der Waals surface area contributed by atoms with Gasteiger partial charge in [0.05, 0.1) is 40.0 Å². The van der Waals surface area contributed by atoms with Gasteiger partial charge in [-0.1, -0.05) is 59.9 Å². The number of thiazole rings is 1. The van der Waals surface area contributed by atoms with Crippen LogP contribution in [0.1, 0.15) is 29.7 Å². The summed E-state index contributed by atoms with van der Waals surface area (Å²) in [4.78, 5) is 32.5. The smallest absolute Gasteiger partial charge is 0.338 e. The summed E-state index contributed by atoms with van der Waals surface area (Å²) < 4.78 is 27.3. The number of esters is 1. The maximum absolute atomic E-state index is 13.9. The van der Waals surface area contributed by atoms with Gasteiger partial charge in [-0.05, 0) is 64.3 Å². The molecule has 0 fully saturated rings. The Morgan fingerprint density at radius 1 is 1.13 bits per heavy atom. The van der Waals surface area contributed by atoms with E-state index in [1.54, 1.807) is 38.3 Å². The van der Waals surface area contributed by atoms with Gasteiger partial charge in [0, 0.05) is 5.56 Å². The molecule has 0 saturated carbocycles. The molecule has 9 heteroatoms. The number of aromatic nitrogens is 1. The van der Waals surface area contributed by atoms with Crippen molar-refractivity contribution in [3.63, 3.8) is 0 Å². The van der Waals surface area contributed by atoms with E-state index in [0.717, 1.165) is 10.0 Å². The van der Waals surface area contributed by atoms with Crippen molar-refractivity contribution in [1.82, 2.24) is 4.57 Å². The Kier molecular flexibility index (Phi) is 7.40. The zero-order chi connectivity index (χ0) is 26.8. The van der Waals surface area contributed by atoms with Crippen molar-refractivity contribution in [2.24, 2.45) is 4.99 Å². The lowest BCUT2D eigenvalue weighted by Gasteiger charge is -2.25. The summed E-state index contributed by atoms with van der Waals surface area (Å²) >= 11 is 4.70. The molecule has 0 spiro atoms. The van der Waals surface area contributed by atoms with Crippen LogP contribution in [0.3, 0.4) is 0 Å². The van der Waals surface area contributed by atoms with Crippen LogP contribution in [0.15, 0.2) is 92.6 Å². The van der Waals surface area contributed by atoms with Crippen LogP contribution in [0.2, 0.25) is 0 Å². The Hall–Kier alpha value is -3.82. The van der Waals surface area contributed by atoms with E-state index in [2.05, 4.69) is 15.9 Å². The van der Waals surface area contributed by atoms with E-state index in [1.165, 1.54) is 28.0 Å². The van der Waals surface area contributed by atoms with E-state index < -0.39 is 17.8 Å². The van der Waals surface area contributed by atoms with Crippen LogP contribution in [0, 0.1) is 5.82 Å². The third-order valence-corrected chi connectivity index (χ3v) is 7.64. The van der Waals surface area contributed by atoms with Gasteiger partial charge in [0.15, 0.2) is 4.80 Å². The number of hydrogen-bond donors (Lipinski definition) is 0. The summed E-state index contributed by atoms with van der Waals surface area (Å²) in [6, 6.07) is 19.7. The summed E-state index contributed by atoms with van der Waals surface area (Å²) in [7, 11) is 1.58. The van der Waals surface area contributed by atoms with Gasteiger partial charge < -0.3 is 9.47 Å². The van der Waals surface area contributed by atoms with Crippen molar-refractivity contribution < 1.29 is 18.7 Å². The van der Waals surface area contributed by atoms with E-state index in [-0.39, 0.29) is 17.7 Å². The number of nitrogens with zero attached hydrogens (tertiary/aromatic N) is 2. The number of halogens is 2. The van der Waals surface area contributed by atoms with Crippen molar-refractivity contribution in [2.75, 3.05) is 13.7 Å². The van der Waals surface area contributed by atoms with Crippen molar-refractivity contribution in [2.45, 2.75) is 13.0 Å². The maximum Gasteiger partial charge on any atom is 0.338 e. The van der Waals surface area contributed by atoms with Gasteiger partial charge in [-0.3, -0.25) is 9.36 Å². The number of carbonyl (C=O) groups excluding carboxylic acids is 1. The molecule has 0 N–H and O–H groups in total. The van der Waals surface area contributed by atoms with Gasteiger partial charge in [-0.25, -0.2) is 14.2 Å². The summed E-state index contributed by atoms with van der Waals surface area (Å²) in [5.74, 6) is -0.333. The molecule has 1 aliphatic rings. The molecule has 192 valence electrons. The van der Waals surface area contributed by atoms with Crippen LogP contribution >= 0.6 is 27.3 Å². The number of methoxy groups -OCH3 is 1. The molecule has 0 unspecified atom stereocenters.